The minimum absolute atomic E-state index is 0.142. The van der Waals surface area contributed by atoms with Crippen LogP contribution < -0.4 is 5.32 Å². The molecule has 0 aliphatic heterocycles. The van der Waals surface area contributed by atoms with Gasteiger partial charge in [-0.1, -0.05) is 77.4 Å². The van der Waals surface area contributed by atoms with Crippen LogP contribution in [0.5, 0.6) is 0 Å². The number of rotatable bonds is 5. The van der Waals surface area contributed by atoms with Crippen molar-refractivity contribution in [2.45, 2.75) is 5.16 Å². The zero-order valence-electron chi connectivity index (χ0n) is 15.1. The summed E-state index contributed by atoms with van der Waals surface area (Å²) in [4.78, 5) is 21.1. The second kappa shape index (κ2) is 8.82. The molecule has 0 radical (unpaired) electrons. The zero-order valence-corrected chi connectivity index (χ0v) is 17.4. The second-order valence-electron chi connectivity index (χ2n) is 6.22. The van der Waals surface area contributed by atoms with Crippen LogP contribution in [-0.4, -0.2) is 21.6 Å². The Morgan fingerprint density at radius 1 is 0.931 bits per heavy atom. The van der Waals surface area contributed by atoms with E-state index in [1.807, 2.05) is 24.3 Å². The number of anilines is 1. The number of benzene rings is 3. The van der Waals surface area contributed by atoms with Gasteiger partial charge < -0.3 is 5.32 Å². The van der Waals surface area contributed by atoms with Crippen LogP contribution in [-0.2, 0) is 4.79 Å². The van der Waals surface area contributed by atoms with Crippen LogP contribution in [0.4, 0.5) is 5.69 Å². The third kappa shape index (κ3) is 4.70. The normalized spacial score (nSPS) is 10.8. The van der Waals surface area contributed by atoms with Crippen molar-refractivity contribution in [3.8, 4) is 11.3 Å². The number of amides is 1. The molecule has 4 aromatic rings. The quantitative estimate of drug-likeness (QED) is 0.291. The maximum atomic E-state index is 12.3. The molecule has 0 atom stereocenters. The van der Waals surface area contributed by atoms with Crippen LogP contribution >= 0.6 is 35.0 Å². The van der Waals surface area contributed by atoms with E-state index < -0.39 is 0 Å². The van der Waals surface area contributed by atoms with Crippen LogP contribution in [0.1, 0.15) is 0 Å². The zero-order chi connectivity index (χ0) is 20.2. The van der Waals surface area contributed by atoms with Gasteiger partial charge in [-0.25, -0.2) is 9.97 Å². The maximum Gasteiger partial charge on any atom is 0.234 e. The van der Waals surface area contributed by atoms with Gasteiger partial charge in [-0.15, -0.1) is 0 Å². The highest BCUT2D eigenvalue weighted by Gasteiger charge is 2.11. The van der Waals surface area contributed by atoms with Gasteiger partial charge in [0, 0.05) is 11.8 Å². The highest BCUT2D eigenvalue weighted by molar-refractivity contribution is 7.99. The number of carbonyl (C=O) groups excluding carboxylic acids is 1. The van der Waals surface area contributed by atoms with E-state index in [2.05, 4.69) is 39.6 Å². The lowest BCUT2D eigenvalue weighted by Gasteiger charge is -2.09. The summed E-state index contributed by atoms with van der Waals surface area (Å²) in [5, 5.41) is 6.37. The van der Waals surface area contributed by atoms with Crippen LogP contribution in [0, 0.1) is 0 Å². The molecular formula is C22H15Cl2N3OS. The molecule has 0 unspecified atom stereocenters. The molecule has 0 fully saturated rings. The van der Waals surface area contributed by atoms with Gasteiger partial charge in [-0.3, -0.25) is 4.79 Å². The highest BCUT2D eigenvalue weighted by Crippen LogP contribution is 2.30. The van der Waals surface area contributed by atoms with Crippen LogP contribution in [0.3, 0.4) is 0 Å². The number of thioether (sulfide) groups is 1. The van der Waals surface area contributed by atoms with Gasteiger partial charge in [0.15, 0.2) is 5.16 Å². The summed E-state index contributed by atoms with van der Waals surface area (Å²) in [6, 6.07) is 21.3. The van der Waals surface area contributed by atoms with Gasteiger partial charge in [-0.05, 0) is 35.0 Å². The van der Waals surface area contributed by atoms with E-state index in [1.165, 1.54) is 17.1 Å². The summed E-state index contributed by atoms with van der Waals surface area (Å²) in [7, 11) is 0. The molecule has 144 valence electrons. The maximum absolute atomic E-state index is 12.3. The molecule has 0 aliphatic rings. The number of nitrogens with zero attached hydrogens (tertiary/aromatic N) is 2. The molecule has 4 nitrogen and oxygen atoms in total. The molecule has 1 N–H and O–H groups in total. The van der Waals surface area contributed by atoms with Crippen molar-refractivity contribution in [2.75, 3.05) is 11.1 Å². The van der Waals surface area contributed by atoms with Gasteiger partial charge in [0.25, 0.3) is 0 Å². The number of carbonyl (C=O) groups is 1. The third-order valence-corrected chi connectivity index (χ3v) is 5.73. The molecule has 7 heteroatoms. The SMILES string of the molecule is O=C(CSc1nccc(-c2ccc3ccccc3c2)n1)Nc1c(Cl)cccc1Cl. The number of nitrogens with one attached hydrogen (secondary N) is 1. The van der Waals surface area contributed by atoms with Crippen LogP contribution in [0.25, 0.3) is 22.0 Å². The van der Waals surface area contributed by atoms with Crippen molar-refractivity contribution in [2.24, 2.45) is 0 Å². The van der Waals surface area contributed by atoms with Gasteiger partial charge in [-0.2, -0.15) is 0 Å². The Balaban J connectivity index is 1.46. The predicted octanol–water partition coefficient (Wildman–Crippen LogP) is 6.33. The lowest BCUT2D eigenvalue weighted by Crippen LogP contribution is -2.15. The van der Waals surface area contributed by atoms with E-state index >= 15 is 0 Å². The van der Waals surface area contributed by atoms with Crippen LogP contribution in [0.2, 0.25) is 10.0 Å². The molecule has 1 heterocycles. The first-order chi connectivity index (χ1) is 14.1. The van der Waals surface area contributed by atoms with E-state index in [4.69, 9.17) is 23.2 Å². The average molecular weight is 440 g/mol. The summed E-state index contributed by atoms with van der Waals surface area (Å²) in [6.45, 7) is 0. The van der Waals surface area contributed by atoms with E-state index in [9.17, 15) is 4.79 Å². The number of hydrogen-bond donors (Lipinski definition) is 1. The number of halogens is 2. The fourth-order valence-electron chi connectivity index (χ4n) is 2.84. The van der Waals surface area contributed by atoms with Crippen molar-refractivity contribution >= 4 is 57.3 Å². The van der Waals surface area contributed by atoms with E-state index in [0.717, 1.165) is 16.6 Å². The van der Waals surface area contributed by atoms with Crippen molar-refractivity contribution < 1.29 is 4.79 Å². The van der Waals surface area contributed by atoms with Gasteiger partial charge in [0.1, 0.15) is 0 Å². The van der Waals surface area contributed by atoms with E-state index in [0.29, 0.717) is 20.9 Å². The molecule has 0 bridgehead atoms. The first-order valence-corrected chi connectivity index (χ1v) is 10.5. The Morgan fingerprint density at radius 3 is 2.48 bits per heavy atom. The second-order valence-corrected chi connectivity index (χ2v) is 7.98. The molecule has 3 aromatic carbocycles. The Bertz CT molecular complexity index is 1180. The molecule has 1 aromatic heterocycles. The molecule has 29 heavy (non-hydrogen) atoms. The molecule has 0 saturated carbocycles. The monoisotopic (exact) mass is 439 g/mol. The first-order valence-electron chi connectivity index (χ1n) is 8.79. The standard InChI is InChI=1S/C22H15Cl2N3OS/c23-17-6-3-7-18(24)21(17)27-20(28)13-29-22-25-11-10-19(26-22)16-9-8-14-4-1-2-5-15(14)12-16/h1-12H,13H2,(H,27,28). The fourth-order valence-corrected chi connectivity index (χ4v) is 3.97. The summed E-state index contributed by atoms with van der Waals surface area (Å²) < 4.78 is 0. The first kappa shape index (κ1) is 19.7. The summed E-state index contributed by atoms with van der Waals surface area (Å²) in [6.07, 6.45) is 1.70. The minimum atomic E-state index is -0.232. The lowest BCUT2D eigenvalue weighted by molar-refractivity contribution is -0.113. The number of aromatic nitrogens is 2. The molecule has 0 aliphatic carbocycles. The average Bonchev–Trinajstić information content (AvgIpc) is 2.75. The molecule has 4 rings (SSSR count). The Labute approximate surface area is 182 Å². The Morgan fingerprint density at radius 2 is 1.69 bits per heavy atom. The number of para-hydroxylation sites is 1. The van der Waals surface area contributed by atoms with Crippen molar-refractivity contribution in [3.05, 3.63) is 83.0 Å². The predicted molar refractivity (Wildman–Crippen MR) is 121 cm³/mol. The van der Waals surface area contributed by atoms with Crippen molar-refractivity contribution in [1.82, 2.24) is 9.97 Å². The lowest BCUT2D eigenvalue weighted by atomic mass is 10.1. The number of hydrogen-bond acceptors (Lipinski definition) is 4. The topological polar surface area (TPSA) is 54.9 Å². The largest absolute Gasteiger partial charge is 0.323 e. The Hall–Kier alpha value is -2.60. The van der Waals surface area contributed by atoms with Gasteiger partial charge >= 0.3 is 0 Å². The van der Waals surface area contributed by atoms with E-state index in [1.54, 1.807) is 24.4 Å². The summed E-state index contributed by atoms with van der Waals surface area (Å²) >= 11 is 13.4. The highest BCUT2D eigenvalue weighted by atomic mass is 35.5. The molecule has 0 saturated heterocycles. The molecular weight excluding hydrogens is 425 g/mol. The number of fused-ring (bicyclic) bond motifs is 1. The third-order valence-electron chi connectivity index (χ3n) is 4.24. The van der Waals surface area contributed by atoms with Gasteiger partial charge in [0.05, 0.1) is 27.2 Å². The fraction of sp³-hybridized carbons (Fsp3) is 0.0455. The van der Waals surface area contributed by atoms with E-state index in [-0.39, 0.29) is 11.7 Å². The van der Waals surface area contributed by atoms with Gasteiger partial charge in [0.2, 0.25) is 5.91 Å². The minimum Gasteiger partial charge on any atom is -0.323 e. The summed E-state index contributed by atoms with van der Waals surface area (Å²) in [5.74, 6) is -0.0902. The van der Waals surface area contributed by atoms with Crippen molar-refractivity contribution in [3.63, 3.8) is 0 Å². The molecule has 1 amide bonds. The van der Waals surface area contributed by atoms with Crippen LogP contribution in [0.15, 0.2) is 78.1 Å². The smallest absolute Gasteiger partial charge is 0.234 e. The van der Waals surface area contributed by atoms with Crippen molar-refractivity contribution in [1.29, 1.82) is 0 Å². The summed E-state index contributed by atoms with van der Waals surface area (Å²) in [5.41, 5.74) is 2.22. The molecule has 0 spiro atoms. The Kier molecular flexibility index (Phi) is 6.00.